The third kappa shape index (κ3) is 4.68. The van der Waals surface area contributed by atoms with Crippen LogP contribution in [0.15, 0.2) is 29.0 Å². The van der Waals surface area contributed by atoms with E-state index in [2.05, 4.69) is 15.6 Å². The highest BCUT2D eigenvalue weighted by atomic mass is 35.5. The molecule has 1 amide bonds. The van der Waals surface area contributed by atoms with Gasteiger partial charge in [0.2, 0.25) is 6.41 Å². The van der Waals surface area contributed by atoms with E-state index in [1.807, 2.05) is 6.92 Å². The normalized spacial score (nSPS) is 23.0. The summed E-state index contributed by atoms with van der Waals surface area (Å²) in [6, 6.07) is 3.28. The van der Waals surface area contributed by atoms with Crippen molar-refractivity contribution in [2.24, 2.45) is 10.9 Å². The van der Waals surface area contributed by atoms with E-state index in [4.69, 9.17) is 16.3 Å². The van der Waals surface area contributed by atoms with Crippen LogP contribution in [-0.4, -0.2) is 37.8 Å². The Bertz CT molecular complexity index is 732. The average molecular weight is 394 g/mol. The molecule has 0 saturated carbocycles. The van der Waals surface area contributed by atoms with Crippen molar-refractivity contribution in [2.75, 3.05) is 25.1 Å². The number of nitrogens with zero attached hydrogens (tertiary/aromatic N) is 1. The van der Waals surface area contributed by atoms with Gasteiger partial charge < -0.3 is 15.4 Å². The van der Waals surface area contributed by atoms with Crippen LogP contribution in [0.5, 0.6) is 0 Å². The Morgan fingerprint density at radius 1 is 1.37 bits per heavy atom. The summed E-state index contributed by atoms with van der Waals surface area (Å²) in [7, 11) is 0. The lowest BCUT2D eigenvalue weighted by Crippen LogP contribution is -2.25. The Morgan fingerprint density at radius 2 is 2.15 bits per heavy atom. The molecule has 2 atom stereocenters. The number of carbonyl (C=O) groups is 1. The van der Waals surface area contributed by atoms with Gasteiger partial charge in [-0.25, -0.2) is 9.38 Å². The molecule has 2 unspecified atom stereocenters. The lowest BCUT2D eigenvalue weighted by Gasteiger charge is -2.27. The van der Waals surface area contributed by atoms with Crippen LogP contribution in [0.4, 0.5) is 10.1 Å². The van der Waals surface area contributed by atoms with Crippen molar-refractivity contribution in [2.45, 2.75) is 37.5 Å². The van der Waals surface area contributed by atoms with Crippen LogP contribution in [0, 0.1) is 11.7 Å². The van der Waals surface area contributed by atoms with Crippen LogP contribution < -0.4 is 10.6 Å². The van der Waals surface area contributed by atoms with Gasteiger partial charge in [0.25, 0.3) is 0 Å². The number of allylic oxidation sites excluding steroid dienone is 1. The van der Waals surface area contributed by atoms with Gasteiger partial charge >= 0.3 is 0 Å². The number of carbonyl (C=O) groups excluding carboxylic acids is 1. The first kappa shape index (κ1) is 19.8. The Kier molecular flexibility index (Phi) is 6.85. The second kappa shape index (κ2) is 9.33. The molecule has 27 heavy (non-hydrogen) atoms. The maximum atomic E-state index is 14.8. The highest BCUT2D eigenvalue weighted by molar-refractivity contribution is 6.29. The van der Waals surface area contributed by atoms with Crippen LogP contribution in [-0.2, 0) is 16.0 Å². The van der Waals surface area contributed by atoms with E-state index in [1.54, 1.807) is 18.4 Å². The van der Waals surface area contributed by atoms with Crippen LogP contribution in [0.1, 0.15) is 36.8 Å². The van der Waals surface area contributed by atoms with E-state index in [-0.39, 0.29) is 5.82 Å². The number of aliphatic imine (C=N–C) groups is 1. The summed E-state index contributed by atoms with van der Waals surface area (Å²) in [5.41, 5.74) is 2.41. The minimum Gasteiger partial charge on any atom is -0.385 e. The van der Waals surface area contributed by atoms with Gasteiger partial charge in [-0.3, -0.25) is 4.79 Å². The predicted octanol–water partition coefficient (Wildman–Crippen LogP) is 3.59. The zero-order valence-corrected chi connectivity index (χ0v) is 16.1. The first-order valence-electron chi connectivity index (χ1n) is 9.37. The molecule has 1 saturated heterocycles. The lowest BCUT2D eigenvalue weighted by molar-refractivity contribution is -0.108. The summed E-state index contributed by atoms with van der Waals surface area (Å²) in [5.74, 6) is 0.249. The molecule has 0 aromatic heterocycles. The number of benzene rings is 1. The quantitative estimate of drug-likeness (QED) is 0.549. The number of nitrogens with one attached hydrogen (secondary N) is 2. The van der Waals surface area contributed by atoms with Crippen molar-refractivity contribution in [3.8, 4) is 0 Å². The Balaban J connectivity index is 1.87. The molecule has 1 fully saturated rings. The van der Waals surface area contributed by atoms with E-state index in [1.165, 1.54) is 6.07 Å². The Labute approximate surface area is 164 Å². The molecule has 0 radical (unpaired) electrons. The van der Waals surface area contributed by atoms with E-state index < -0.39 is 11.3 Å². The number of hydrogen-bond donors (Lipinski definition) is 2. The maximum Gasteiger partial charge on any atom is 0.212 e. The molecule has 2 heterocycles. The molecule has 0 spiro atoms. The van der Waals surface area contributed by atoms with Crippen molar-refractivity contribution in [1.29, 1.82) is 0 Å². The van der Waals surface area contributed by atoms with Crippen LogP contribution >= 0.6 is 11.6 Å². The molecule has 1 aromatic rings. The highest BCUT2D eigenvalue weighted by Gasteiger charge is 2.28. The first-order chi connectivity index (χ1) is 13.1. The van der Waals surface area contributed by atoms with E-state index in [9.17, 15) is 9.18 Å². The zero-order valence-electron chi connectivity index (χ0n) is 15.4. The van der Waals surface area contributed by atoms with E-state index in [0.717, 1.165) is 43.9 Å². The molecule has 146 valence electrons. The Morgan fingerprint density at radius 3 is 2.85 bits per heavy atom. The third-order valence-electron chi connectivity index (χ3n) is 5.16. The molecule has 2 aliphatic heterocycles. The topological polar surface area (TPSA) is 62.7 Å². The standard InChI is InChI=1S/C20H25ClFN3O2/c1-2-14-18(23-10-13-5-7-27-8-6-13)4-3-17(22)20(14)15-9-19(25-12-26)24-11-16(15)21/h3-4,9,11-13,15-16,23H,2,5-8,10H2,1H3,(H,25,26). The van der Waals surface area contributed by atoms with Crippen LogP contribution in [0.25, 0.3) is 0 Å². The molecule has 2 aliphatic rings. The first-order valence-corrected chi connectivity index (χ1v) is 9.80. The molecular formula is C20H25ClFN3O2. The largest absolute Gasteiger partial charge is 0.385 e. The zero-order chi connectivity index (χ0) is 19.2. The fourth-order valence-electron chi connectivity index (χ4n) is 3.69. The molecule has 7 heteroatoms. The van der Waals surface area contributed by atoms with Gasteiger partial charge in [-0.2, -0.15) is 0 Å². The van der Waals surface area contributed by atoms with Crippen molar-refractivity contribution in [3.63, 3.8) is 0 Å². The average Bonchev–Trinajstić information content (AvgIpc) is 2.69. The smallest absolute Gasteiger partial charge is 0.212 e. The number of amides is 1. The molecule has 2 N–H and O–H groups in total. The molecule has 5 nitrogen and oxygen atoms in total. The SMILES string of the molecule is CCc1c(NCC2CCOCC2)ccc(F)c1C1C=C(NC=O)N=CC1Cl. The van der Waals surface area contributed by atoms with Gasteiger partial charge in [-0.1, -0.05) is 6.92 Å². The van der Waals surface area contributed by atoms with Gasteiger partial charge in [0.15, 0.2) is 0 Å². The second-order valence-corrected chi connectivity index (χ2v) is 7.34. The van der Waals surface area contributed by atoms with Gasteiger partial charge in [0.05, 0.1) is 5.38 Å². The van der Waals surface area contributed by atoms with Crippen molar-refractivity contribution >= 4 is 29.9 Å². The number of hydrogen-bond acceptors (Lipinski definition) is 4. The van der Waals surface area contributed by atoms with Gasteiger partial charge in [-0.15, -0.1) is 11.6 Å². The number of rotatable bonds is 7. The minimum atomic E-state index is -0.479. The number of ether oxygens (including phenoxy) is 1. The van der Waals surface area contributed by atoms with Gasteiger partial charge in [-0.05, 0) is 49.0 Å². The van der Waals surface area contributed by atoms with Crippen molar-refractivity contribution in [1.82, 2.24) is 5.32 Å². The van der Waals surface area contributed by atoms with Gasteiger partial charge in [0.1, 0.15) is 11.6 Å². The summed E-state index contributed by atoms with van der Waals surface area (Å²) < 4.78 is 20.2. The summed E-state index contributed by atoms with van der Waals surface area (Å²) in [4.78, 5) is 14.8. The Hall–Kier alpha value is -1.92. The summed E-state index contributed by atoms with van der Waals surface area (Å²) in [6.07, 6.45) is 6.55. The molecule has 0 bridgehead atoms. The molecule has 1 aromatic carbocycles. The summed E-state index contributed by atoms with van der Waals surface area (Å²) in [5, 5.41) is 5.54. The minimum absolute atomic E-state index is 0.295. The van der Waals surface area contributed by atoms with Crippen LogP contribution in [0.2, 0.25) is 0 Å². The third-order valence-corrected chi connectivity index (χ3v) is 5.54. The summed E-state index contributed by atoms with van der Waals surface area (Å²) >= 11 is 6.42. The van der Waals surface area contributed by atoms with E-state index in [0.29, 0.717) is 30.1 Å². The van der Waals surface area contributed by atoms with Crippen molar-refractivity contribution in [3.05, 3.63) is 41.0 Å². The van der Waals surface area contributed by atoms with Gasteiger partial charge in [0, 0.05) is 43.1 Å². The molecule has 0 aliphatic carbocycles. The van der Waals surface area contributed by atoms with Crippen molar-refractivity contribution < 1.29 is 13.9 Å². The number of anilines is 1. The predicted molar refractivity (Wildman–Crippen MR) is 106 cm³/mol. The maximum absolute atomic E-state index is 14.8. The molecule has 3 rings (SSSR count). The fourth-order valence-corrected chi connectivity index (χ4v) is 3.94. The molecular weight excluding hydrogens is 369 g/mol. The highest BCUT2D eigenvalue weighted by Crippen LogP contribution is 2.36. The second-order valence-electron chi connectivity index (χ2n) is 6.84. The fraction of sp³-hybridized carbons (Fsp3) is 0.500. The van der Waals surface area contributed by atoms with Crippen LogP contribution in [0.3, 0.4) is 0 Å². The monoisotopic (exact) mass is 393 g/mol. The lowest BCUT2D eigenvalue weighted by atomic mass is 9.87. The number of halogens is 2. The summed E-state index contributed by atoms with van der Waals surface area (Å²) in [6.45, 7) is 4.45. The van der Waals surface area contributed by atoms with E-state index >= 15 is 0 Å². The number of alkyl halides is 1.